The minimum atomic E-state index is -0.213. The second-order valence-corrected chi connectivity index (χ2v) is 5.93. The van der Waals surface area contributed by atoms with E-state index in [1.165, 1.54) is 16.7 Å². The van der Waals surface area contributed by atoms with E-state index in [0.29, 0.717) is 12.0 Å². The van der Waals surface area contributed by atoms with Crippen LogP contribution in [-0.4, -0.2) is 23.9 Å². The van der Waals surface area contributed by atoms with Crippen molar-refractivity contribution in [3.63, 3.8) is 0 Å². The molecule has 1 aromatic rings. The van der Waals surface area contributed by atoms with E-state index < -0.39 is 0 Å². The molecule has 0 radical (unpaired) electrons. The van der Waals surface area contributed by atoms with Crippen LogP contribution in [0, 0.1) is 19.8 Å². The molecule has 1 aliphatic rings. The van der Waals surface area contributed by atoms with Crippen molar-refractivity contribution >= 4 is 0 Å². The molecule has 2 heteroatoms. The molecule has 0 spiro atoms. The Morgan fingerprint density at radius 2 is 2.00 bits per heavy atom. The SMILES string of the molecule is CCOC1CC(CC(O)Cc2ccc(C)c(C)c2)C1. The summed E-state index contributed by atoms with van der Waals surface area (Å²) in [7, 11) is 0. The number of ether oxygens (including phenoxy) is 1. The summed E-state index contributed by atoms with van der Waals surface area (Å²) in [5.74, 6) is 0.651. The molecular formula is C17H26O2. The molecule has 0 amide bonds. The summed E-state index contributed by atoms with van der Waals surface area (Å²) in [6.45, 7) is 7.10. The van der Waals surface area contributed by atoms with Gasteiger partial charge in [0.25, 0.3) is 0 Å². The summed E-state index contributed by atoms with van der Waals surface area (Å²) in [5, 5.41) is 10.2. The zero-order chi connectivity index (χ0) is 13.8. The number of hydrogen-bond acceptors (Lipinski definition) is 2. The fraction of sp³-hybridized carbons (Fsp3) is 0.647. The number of benzene rings is 1. The van der Waals surface area contributed by atoms with E-state index in [2.05, 4.69) is 32.0 Å². The molecule has 1 unspecified atom stereocenters. The zero-order valence-corrected chi connectivity index (χ0v) is 12.4. The lowest BCUT2D eigenvalue weighted by molar-refractivity contribution is -0.0375. The summed E-state index contributed by atoms with van der Waals surface area (Å²) in [5.41, 5.74) is 3.87. The molecule has 1 fully saturated rings. The maximum absolute atomic E-state index is 10.2. The summed E-state index contributed by atoms with van der Waals surface area (Å²) in [6, 6.07) is 6.48. The van der Waals surface area contributed by atoms with E-state index in [1.807, 2.05) is 6.92 Å². The molecule has 0 saturated heterocycles. The van der Waals surface area contributed by atoms with E-state index in [1.54, 1.807) is 0 Å². The monoisotopic (exact) mass is 262 g/mol. The minimum absolute atomic E-state index is 0.213. The van der Waals surface area contributed by atoms with Gasteiger partial charge in [0, 0.05) is 6.61 Å². The van der Waals surface area contributed by atoms with Gasteiger partial charge >= 0.3 is 0 Å². The Morgan fingerprint density at radius 3 is 2.63 bits per heavy atom. The van der Waals surface area contributed by atoms with Crippen LogP contribution in [0.4, 0.5) is 0 Å². The van der Waals surface area contributed by atoms with Gasteiger partial charge in [-0.05, 0) is 69.1 Å². The van der Waals surface area contributed by atoms with Crippen LogP contribution in [0.5, 0.6) is 0 Å². The Kier molecular flexibility index (Phi) is 5.00. The van der Waals surface area contributed by atoms with Crippen LogP contribution in [-0.2, 0) is 11.2 Å². The normalized spacial score (nSPS) is 24.0. The molecule has 2 nitrogen and oxygen atoms in total. The van der Waals surface area contributed by atoms with E-state index in [-0.39, 0.29) is 6.10 Å². The maximum atomic E-state index is 10.2. The highest BCUT2D eigenvalue weighted by molar-refractivity contribution is 5.30. The molecule has 1 aliphatic carbocycles. The van der Waals surface area contributed by atoms with Gasteiger partial charge in [-0.3, -0.25) is 0 Å². The van der Waals surface area contributed by atoms with Crippen molar-refractivity contribution in [1.29, 1.82) is 0 Å². The van der Waals surface area contributed by atoms with Gasteiger partial charge in [0.05, 0.1) is 12.2 Å². The van der Waals surface area contributed by atoms with Gasteiger partial charge in [0.1, 0.15) is 0 Å². The second-order valence-electron chi connectivity index (χ2n) is 5.93. The molecule has 0 aromatic heterocycles. The summed E-state index contributed by atoms with van der Waals surface area (Å²) < 4.78 is 5.56. The molecule has 1 aromatic carbocycles. The highest BCUT2D eigenvalue weighted by atomic mass is 16.5. The molecule has 2 rings (SSSR count). The third kappa shape index (κ3) is 4.05. The van der Waals surface area contributed by atoms with Gasteiger partial charge < -0.3 is 9.84 Å². The first-order valence-corrected chi connectivity index (χ1v) is 7.44. The third-order valence-corrected chi connectivity index (χ3v) is 4.24. The largest absolute Gasteiger partial charge is 0.393 e. The quantitative estimate of drug-likeness (QED) is 0.851. The Balaban J connectivity index is 1.75. The average molecular weight is 262 g/mol. The van der Waals surface area contributed by atoms with Crippen LogP contribution in [0.25, 0.3) is 0 Å². The Morgan fingerprint density at radius 1 is 1.26 bits per heavy atom. The van der Waals surface area contributed by atoms with Crippen LogP contribution in [0.2, 0.25) is 0 Å². The average Bonchev–Trinajstić information content (AvgIpc) is 2.31. The van der Waals surface area contributed by atoms with E-state index in [9.17, 15) is 5.11 Å². The van der Waals surface area contributed by atoms with Crippen LogP contribution in [0.3, 0.4) is 0 Å². The highest BCUT2D eigenvalue weighted by Gasteiger charge is 2.30. The topological polar surface area (TPSA) is 29.5 Å². The van der Waals surface area contributed by atoms with Crippen molar-refractivity contribution in [2.24, 2.45) is 5.92 Å². The van der Waals surface area contributed by atoms with Crippen LogP contribution >= 0.6 is 0 Å². The molecule has 1 N–H and O–H groups in total. The standard InChI is InChI=1S/C17H26O2/c1-4-19-17-10-15(11-17)9-16(18)8-14-6-5-12(2)13(3)7-14/h5-7,15-18H,4,8-11H2,1-3H3. The molecular weight excluding hydrogens is 236 g/mol. The molecule has 106 valence electrons. The van der Waals surface area contributed by atoms with E-state index in [4.69, 9.17) is 4.74 Å². The van der Waals surface area contributed by atoms with Gasteiger partial charge in [-0.15, -0.1) is 0 Å². The molecule has 0 bridgehead atoms. The number of aliphatic hydroxyl groups excluding tert-OH is 1. The van der Waals surface area contributed by atoms with Crippen molar-refractivity contribution in [2.75, 3.05) is 6.61 Å². The lowest BCUT2D eigenvalue weighted by atomic mass is 9.78. The van der Waals surface area contributed by atoms with Crippen LogP contribution in [0.15, 0.2) is 18.2 Å². The number of rotatable bonds is 6. The predicted octanol–water partition coefficient (Wildman–Crippen LogP) is 3.41. The number of aryl methyl sites for hydroxylation is 2. The van der Waals surface area contributed by atoms with Gasteiger partial charge in [0.15, 0.2) is 0 Å². The number of hydrogen-bond donors (Lipinski definition) is 1. The number of aliphatic hydroxyl groups is 1. The van der Waals surface area contributed by atoms with Crippen molar-refractivity contribution in [2.45, 2.75) is 58.7 Å². The van der Waals surface area contributed by atoms with Crippen molar-refractivity contribution in [3.05, 3.63) is 34.9 Å². The second kappa shape index (κ2) is 6.53. The molecule has 0 heterocycles. The van der Waals surface area contributed by atoms with Crippen LogP contribution < -0.4 is 0 Å². The van der Waals surface area contributed by atoms with Crippen molar-refractivity contribution in [1.82, 2.24) is 0 Å². The van der Waals surface area contributed by atoms with Crippen molar-refractivity contribution in [3.8, 4) is 0 Å². The minimum Gasteiger partial charge on any atom is -0.393 e. The smallest absolute Gasteiger partial charge is 0.0583 e. The Hall–Kier alpha value is -0.860. The lowest BCUT2D eigenvalue weighted by Gasteiger charge is -2.36. The van der Waals surface area contributed by atoms with Gasteiger partial charge in [-0.2, -0.15) is 0 Å². The predicted molar refractivity (Wildman–Crippen MR) is 78.4 cm³/mol. The first-order valence-electron chi connectivity index (χ1n) is 7.44. The molecule has 1 atom stereocenters. The van der Waals surface area contributed by atoms with E-state index >= 15 is 0 Å². The third-order valence-electron chi connectivity index (χ3n) is 4.24. The first-order chi connectivity index (χ1) is 9.08. The molecule has 19 heavy (non-hydrogen) atoms. The Bertz CT molecular complexity index is 408. The summed E-state index contributed by atoms with van der Waals surface area (Å²) in [4.78, 5) is 0. The van der Waals surface area contributed by atoms with Crippen molar-refractivity contribution < 1.29 is 9.84 Å². The summed E-state index contributed by atoms with van der Waals surface area (Å²) in [6.07, 6.45) is 4.17. The lowest BCUT2D eigenvalue weighted by Crippen LogP contribution is -2.34. The maximum Gasteiger partial charge on any atom is 0.0583 e. The van der Waals surface area contributed by atoms with Gasteiger partial charge in [-0.1, -0.05) is 18.2 Å². The van der Waals surface area contributed by atoms with Gasteiger partial charge in [-0.25, -0.2) is 0 Å². The fourth-order valence-corrected chi connectivity index (χ4v) is 2.91. The van der Waals surface area contributed by atoms with E-state index in [0.717, 1.165) is 32.3 Å². The zero-order valence-electron chi connectivity index (χ0n) is 12.4. The highest BCUT2D eigenvalue weighted by Crippen LogP contribution is 2.34. The summed E-state index contributed by atoms with van der Waals surface area (Å²) >= 11 is 0. The fourth-order valence-electron chi connectivity index (χ4n) is 2.91. The Labute approximate surface area is 116 Å². The van der Waals surface area contributed by atoms with Crippen LogP contribution in [0.1, 0.15) is 42.9 Å². The molecule has 0 aliphatic heterocycles. The molecule has 1 saturated carbocycles. The first kappa shape index (κ1) is 14.5. The van der Waals surface area contributed by atoms with Gasteiger partial charge in [0.2, 0.25) is 0 Å².